The number of aromatic nitrogens is 2. The maximum absolute atomic E-state index is 12.4. The summed E-state index contributed by atoms with van der Waals surface area (Å²) in [5.41, 5.74) is 1.83. The minimum atomic E-state index is -4.71. The Morgan fingerprint density at radius 3 is 2.59 bits per heavy atom. The zero-order valence-electron chi connectivity index (χ0n) is 14.9. The number of nitrogens with zero attached hydrogens (tertiary/aromatic N) is 3. The van der Waals surface area contributed by atoms with Crippen LogP contribution in [0.5, 0.6) is 0 Å². The Balaban J connectivity index is 1.57. The molecule has 1 fully saturated rings. The highest BCUT2D eigenvalue weighted by Crippen LogP contribution is 2.29. The summed E-state index contributed by atoms with van der Waals surface area (Å²) in [4.78, 5) is 13.7. The van der Waals surface area contributed by atoms with Gasteiger partial charge in [-0.1, -0.05) is 22.8 Å². The lowest BCUT2D eigenvalue weighted by molar-refractivity contribution is -0.359. The van der Waals surface area contributed by atoms with Crippen LogP contribution in [0.15, 0.2) is 28.7 Å². The predicted molar refractivity (Wildman–Crippen MR) is 89.7 cm³/mol. The van der Waals surface area contributed by atoms with Crippen molar-refractivity contribution in [3.05, 3.63) is 29.8 Å². The average Bonchev–Trinajstić information content (AvgIpc) is 3.05. The Morgan fingerprint density at radius 2 is 2.00 bits per heavy atom. The molecule has 2 aromatic rings. The molecule has 0 unspecified atom stereocenters. The van der Waals surface area contributed by atoms with Crippen molar-refractivity contribution in [1.29, 1.82) is 0 Å². The van der Waals surface area contributed by atoms with Gasteiger partial charge in [-0.3, -0.25) is 9.53 Å². The van der Waals surface area contributed by atoms with Gasteiger partial charge in [-0.2, -0.15) is 0 Å². The summed E-state index contributed by atoms with van der Waals surface area (Å²) in [5, 5.41) is 10.6. The Bertz CT molecular complexity index is 807. The molecule has 0 radical (unpaired) electrons. The lowest BCUT2D eigenvalue weighted by Gasteiger charge is -2.46. The third-order valence-electron chi connectivity index (χ3n) is 4.41. The van der Waals surface area contributed by atoms with E-state index < -0.39 is 24.6 Å². The van der Waals surface area contributed by atoms with Gasteiger partial charge in [-0.05, 0) is 32.9 Å². The van der Waals surface area contributed by atoms with E-state index in [1.165, 1.54) is 11.8 Å². The van der Waals surface area contributed by atoms with Crippen molar-refractivity contribution in [2.45, 2.75) is 45.3 Å². The minimum absolute atomic E-state index is 0.0580. The monoisotopic (exact) mass is 384 g/mol. The van der Waals surface area contributed by atoms with E-state index in [9.17, 15) is 18.0 Å². The fourth-order valence-corrected chi connectivity index (χ4v) is 2.76. The Morgan fingerprint density at radius 1 is 1.33 bits per heavy atom. The molecule has 146 valence electrons. The van der Waals surface area contributed by atoms with Gasteiger partial charge in [0, 0.05) is 12.1 Å². The summed E-state index contributed by atoms with van der Waals surface area (Å²) in [5.74, 6) is -0.0762. The number of rotatable bonds is 5. The van der Waals surface area contributed by atoms with Crippen LogP contribution in [-0.2, 0) is 9.53 Å². The molecule has 0 spiro atoms. The molecule has 1 aromatic carbocycles. The van der Waals surface area contributed by atoms with Crippen molar-refractivity contribution in [2.24, 2.45) is 0 Å². The number of aryl methyl sites for hydroxylation is 1. The van der Waals surface area contributed by atoms with Crippen LogP contribution in [0, 0.1) is 6.92 Å². The average molecular weight is 384 g/mol. The second-order valence-electron chi connectivity index (χ2n) is 6.48. The molecule has 1 saturated heterocycles. The summed E-state index contributed by atoms with van der Waals surface area (Å²) in [6.07, 6.45) is -5.77. The first-order valence-electron chi connectivity index (χ1n) is 8.36. The predicted octanol–water partition coefficient (Wildman–Crippen LogP) is 2.98. The summed E-state index contributed by atoms with van der Waals surface area (Å²) in [7, 11) is 0. The number of amides is 1. The van der Waals surface area contributed by atoms with Crippen molar-refractivity contribution in [2.75, 3.05) is 11.9 Å². The molecule has 1 N–H and O–H groups in total. The number of nitrogens with one attached hydrogen (secondary N) is 1. The second kappa shape index (κ2) is 7.18. The number of hydrogen-bond donors (Lipinski definition) is 1. The SMILES string of the molecule is Cc1ccc(-c2nnc(N[C@H](C)C(=O)N3C[C@@H](OC(F)(F)F)[C@H]3C)o2)cc1. The number of alkyl halides is 3. The van der Waals surface area contributed by atoms with Gasteiger partial charge in [-0.25, -0.2) is 0 Å². The highest BCUT2D eigenvalue weighted by atomic mass is 19.4. The summed E-state index contributed by atoms with van der Waals surface area (Å²) < 4.78 is 46.3. The Kier molecular flexibility index (Phi) is 5.09. The Labute approximate surface area is 153 Å². The first kappa shape index (κ1) is 19.2. The van der Waals surface area contributed by atoms with E-state index >= 15 is 0 Å². The van der Waals surface area contributed by atoms with Gasteiger partial charge in [0.2, 0.25) is 11.8 Å². The molecule has 0 bridgehead atoms. The van der Waals surface area contributed by atoms with Gasteiger partial charge < -0.3 is 14.6 Å². The maximum atomic E-state index is 12.4. The van der Waals surface area contributed by atoms with Crippen LogP contribution < -0.4 is 5.32 Å². The van der Waals surface area contributed by atoms with E-state index in [1.54, 1.807) is 6.92 Å². The van der Waals surface area contributed by atoms with E-state index in [2.05, 4.69) is 20.3 Å². The fraction of sp³-hybridized carbons (Fsp3) is 0.471. The number of carbonyl (C=O) groups excluding carboxylic acids is 1. The van der Waals surface area contributed by atoms with E-state index in [0.717, 1.165) is 11.1 Å². The molecule has 3 atom stereocenters. The van der Waals surface area contributed by atoms with Crippen molar-refractivity contribution in [1.82, 2.24) is 15.1 Å². The number of anilines is 1. The molecule has 0 aliphatic carbocycles. The number of likely N-dealkylation sites (tertiary alicyclic amines) is 1. The quantitative estimate of drug-likeness (QED) is 0.854. The molecule has 3 rings (SSSR count). The third-order valence-corrected chi connectivity index (χ3v) is 4.41. The van der Waals surface area contributed by atoms with Gasteiger partial charge in [0.25, 0.3) is 0 Å². The fourth-order valence-electron chi connectivity index (χ4n) is 2.76. The molecule has 7 nitrogen and oxygen atoms in total. The lowest BCUT2D eigenvalue weighted by Crippen LogP contribution is -2.64. The van der Waals surface area contributed by atoms with E-state index in [4.69, 9.17) is 4.42 Å². The largest absolute Gasteiger partial charge is 0.522 e. The van der Waals surface area contributed by atoms with Crippen LogP contribution >= 0.6 is 0 Å². The zero-order chi connectivity index (χ0) is 19.8. The smallest absolute Gasteiger partial charge is 0.403 e. The number of halogens is 3. The first-order valence-corrected chi connectivity index (χ1v) is 8.36. The molecule has 1 aromatic heterocycles. The van der Waals surface area contributed by atoms with Gasteiger partial charge in [0.05, 0.1) is 6.04 Å². The maximum Gasteiger partial charge on any atom is 0.522 e. The number of carbonyl (C=O) groups is 1. The number of ether oxygens (including phenoxy) is 1. The van der Waals surface area contributed by atoms with Crippen LogP contribution in [0.25, 0.3) is 11.5 Å². The van der Waals surface area contributed by atoms with Gasteiger partial charge in [0.15, 0.2) is 0 Å². The topological polar surface area (TPSA) is 80.5 Å². The van der Waals surface area contributed by atoms with E-state index in [1.807, 2.05) is 31.2 Å². The molecular formula is C17H19F3N4O3. The first-order chi connectivity index (χ1) is 12.6. The molecule has 2 heterocycles. The molecule has 10 heteroatoms. The summed E-state index contributed by atoms with van der Waals surface area (Å²) in [6, 6.07) is 6.13. The molecule has 1 amide bonds. The highest BCUT2D eigenvalue weighted by Gasteiger charge is 2.46. The third kappa shape index (κ3) is 4.38. The molecular weight excluding hydrogens is 365 g/mol. The summed E-state index contributed by atoms with van der Waals surface area (Å²) in [6.45, 7) is 4.92. The van der Waals surface area contributed by atoms with Gasteiger partial charge in [-0.15, -0.1) is 18.3 Å². The summed E-state index contributed by atoms with van der Waals surface area (Å²) >= 11 is 0. The van der Waals surface area contributed by atoms with Crippen molar-refractivity contribution < 1.29 is 27.1 Å². The second-order valence-corrected chi connectivity index (χ2v) is 6.48. The van der Waals surface area contributed by atoms with Crippen LogP contribution in [0.4, 0.5) is 19.2 Å². The van der Waals surface area contributed by atoms with E-state index in [0.29, 0.717) is 5.89 Å². The van der Waals surface area contributed by atoms with Crippen molar-refractivity contribution in [3.8, 4) is 11.5 Å². The Hall–Kier alpha value is -2.62. The normalized spacial score (nSPS) is 20.9. The van der Waals surface area contributed by atoms with E-state index in [-0.39, 0.29) is 18.5 Å². The molecule has 1 aliphatic rings. The van der Waals surface area contributed by atoms with Crippen molar-refractivity contribution in [3.63, 3.8) is 0 Å². The highest BCUT2D eigenvalue weighted by molar-refractivity contribution is 5.84. The molecule has 1 aliphatic heterocycles. The van der Waals surface area contributed by atoms with Gasteiger partial charge >= 0.3 is 12.4 Å². The number of benzene rings is 1. The van der Waals surface area contributed by atoms with Gasteiger partial charge in [0.1, 0.15) is 12.1 Å². The van der Waals surface area contributed by atoms with Crippen LogP contribution in [0.3, 0.4) is 0 Å². The zero-order valence-corrected chi connectivity index (χ0v) is 14.9. The molecule has 0 saturated carbocycles. The number of hydrogen-bond acceptors (Lipinski definition) is 6. The van der Waals surface area contributed by atoms with Crippen LogP contribution in [-0.4, -0.2) is 52.1 Å². The minimum Gasteiger partial charge on any atom is -0.403 e. The lowest BCUT2D eigenvalue weighted by atomic mass is 10.00. The standard InChI is InChI=1S/C17H19F3N4O3/c1-9-4-6-12(7-5-9)14-22-23-16(26-14)21-10(2)15(25)24-8-13(11(24)3)27-17(18,19)20/h4-7,10-11,13H,8H2,1-3H3,(H,21,23)/t10-,11-,13-/m1/s1. The van der Waals surface area contributed by atoms with Crippen molar-refractivity contribution >= 4 is 11.9 Å². The molecule has 27 heavy (non-hydrogen) atoms. The van der Waals surface area contributed by atoms with Crippen LogP contribution in [0.1, 0.15) is 19.4 Å². The van der Waals surface area contributed by atoms with Crippen LogP contribution in [0.2, 0.25) is 0 Å².